The molecular formula is C27H33N3O3. The van der Waals surface area contributed by atoms with E-state index < -0.39 is 0 Å². The molecule has 5 rings (SSSR count). The van der Waals surface area contributed by atoms with Crippen LogP contribution in [0.1, 0.15) is 51.7 Å². The van der Waals surface area contributed by atoms with Gasteiger partial charge in [-0.1, -0.05) is 23.4 Å². The van der Waals surface area contributed by atoms with Crippen molar-refractivity contribution in [3.05, 3.63) is 53.6 Å². The fourth-order valence-electron chi connectivity index (χ4n) is 5.37. The van der Waals surface area contributed by atoms with Crippen LogP contribution in [0.3, 0.4) is 0 Å². The summed E-state index contributed by atoms with van der Waals surface area (Å²) in [4.78, 5) is 7.18. The topological polar surface area (TPSA) is 71.6 Å². The number of rotatable bonds is 6. The molecule has 3 aromatic rings. The Balaban J connectivity index is 1.41. The summed E-state index contributed by atoms with van der Waals surface area (Å²) in [5.41, 5.74) is 4.66. The highest BCUT2D eigenvalue weighted by Gasteiger charge is 2.47. The largest absolute Gasteiger partial charge is 0.491 e. The Labute approximate surface area is 195 Å². The van der Waals surface area contributed by atoms with Crippen LogP contribution in [0.15, 0.2) is 47.0 Å². The standard InChI is InChI=1S/C27H33N3O3/c1-18(2)32-20-10-8-19(9-11-20)25-28-24(29-33-25)22-6-5-7-23-21(22)12-13-27(23)14-15-30(16-27)26(3,4)17-31/h5-11,18,31H,12-17H2,1-4H3. The lowest BCUT2D eigenvalue weighted by Gasteiger charge is -2.35. The Hall–Kier alpha value is -2.70. The smallest absolute Gasteiger partial charge is 0.258 e. The number of likely N-dealkylation sites (tertiary alicyclic amines) is 1. The van der Waals surface area contributed by atoms with Gasteiger partial charge in [-0.15, -0.1) is 0 Å². The third-order valence-electron chi connectivity index (χ3n) is 7.34. The second kappa shape index (κ2) is 8.26. The highest BCUT2D eigenvalue weighted by molar-refractivity contribution is 5.67. The fraction of sp³-hybridized carbons (Fsp3) is 0.481. The third-order valence-corrected chi connectivity index (χ3v) is 7.34. The zero-order valence-corrected chi connectivity index (χ0v) is 20.0. The third kappa shape index (κ3) is 3.96. The molecule has 6 heteroatoms. The molecule has 33 heavy (non-hydrogen) atoms. The van der Waals surface area contributed by atoms with Crippen LogP contribution in [0.2, 0.25) is 0 Å². The number of ether oxygens (including phenoxy) is 1. The predicted octanol–water partition coefficient (Wildman–Crippen LogP) is 4.85. The number of aromatic nitrogens is 2. The number of aliphatic hydroxyl groups is 1. The summed E-state index contributed by atoms with van der Waals surface area (Å²) in [7, 11) is 0. The van der Waals surface area contributed by atoms with Gasteiger partial charge in [0.1, 0.15) is 5.75 Å². The van der Waals surface area contributed by atoms with Crippen molar-refractivity contribution in [1.82, 2.24) is 15.0 Å². The maximum absolute atomic E-state index is 9.85. The van der Waals surface area contributed by atoms with Crippen molar-refractivity contribution < 1.29 is 14.4 Å². The summed E-state index contributed by atoms with van der Waals surface area (Å²) in [5, 5.41) is 14.2. The summed E-state index contributed by atoms with van der Waals surface area (Å²) in [6, 6.07) is 14.3. The van der Waals surface area contributed by atoms with Gasteiger partial charge in [-0.25, -0.2) is 0 Å². The Morgan fingerprint density at radius 2 is 1.94 bits per heavy atom. The van der Waals surface area contributed by atoms with Gasteiger partial charge in [0.15, 0.2) is 0 Å². The van der Waals surface area contributed by atoms with Gasteiger partial charge in [0.2, 0.25) is 5.82 Å². The minimum Gasteiger partial charge on any atom is -0.491 e. The van der Waals surface area contributed by atoms with Gasteiger partial charge in [-0.05, 0) is 88.9 Å². The van der Waals surface area contributed by atoms with Crippen LogP contribution in [0.4, 0.5) is 0 Å². The van der Waals surface area contributed by atoms with Crippen molar-refractivity contribution in [1.29, 1.82) is 0 Å². The quantitative estimate of drug-likeness (QED) is 0.582. The van der Waals surface area contributed by atoms with E-state index in [4.69, 9.17) is 14.2 Å². The maximum Gasteiger partial charge on any atom is 0.258 e. The van der Waals surface area contributed by atoms with E-state index in [2.05, 4.69) is 42.1 Å². The summed E-state index contributed by atoms with van der Waals surface area (Å²) in [5.74, 6) is 1.99. The van der Waals surface area contributed by atoms with E-state index in [1.54, 1.807) is 0 Å². The van der Waals surface area contributed by atoms with E-state index in [0.29, 0.717) is 11.7 Å². The van der Waals surface area contributed by atoms with E-state index in [1.165, 1.54) is 11.1 Å². The molecule has 174 valence electrons. The molecule has 1 aromatic heterocycles. The summed E-state index contributed by atoms with van der Waals surface area (Å²) in [6.07, 6.45) is 3.40. The molecule has 1 aliphatic heterocycles. The van der Waals surface area contributed by atoms with Crippen LogP contribution in [-0.2, 0) is 11.8 Å². The monoisotopic (exact) mass is 447 g/mol. The number of benzene rings is 2. The second-order valence-electron chi connectivity index (χ2n) is 10.4. The number of hydrogen-bond donors (Lipinski definition) is 1. The first kappa shape index (κ1) is 22.1. The molecule has 1 aliphatic carbocycles. The molecule has 6 nitrogen and oxygen atoms in total. The van der Waals surface area contributed by atoms with Crippen molar-refractivity contribution in [3.8, 4) is 28.6 Å². The van der Waals surface area contributed by atoms with Crippen LogP contribution >= 0.6 is 0 Å². The molecule has 1 spiro atoms. The highest BCUT2D eigenvalue weighted by Crippen LogP contribution is 2.49. The molecule has 1 unspecified atom stereocenters. The van der Waals surface area contributed by atoms with Crippen molar-refractivity contribution >= 4 is 0 Å². The lowest BCUT2D eigenvalue weighted by Crippen LogP contribution is -2.46. The van der Waals surface area contributed by atoms with E-state index in [0.717, 1.165) is 49.2 Å². The average molecular weight is 448 g/mol. The molecule has 1 saturated heterocycles. The normalized spacial score (nSPS) is 20.7. The molecule has 1 fully saturated rings. The molecule has 2 heterocycles. The van der Waals surface area contributed by atoms with Crippen LogP contribution in [0.25, 0.3) is 22.8 Å². The van der Waals surface area contributed by atoms with Crippen molar-refractivity contribution in [3.63, 3.8) is 0 Å². The minimum absolute atomic E-state index is 0.135. The molecule has 0 amide bonds. The van der Waals surface area contributed by atoms with Crippen LogP contribution in [-0.4, -0.2) is 51.5 Å². The SMILES string of the molecule is CC(C)Oc1ccc(-c2nc(-c3cccc4c3CCC43CCN(C(C)(C)CO)C3)no2)cc1. The molecular weight excluding hydrogens is 414 g/mol. The summed E-state index contributed by atoms with van der Waals surface area (Å²) >= 11 is 0. The zero-order valence-electron chi connectivity index (χ0n) is 20.0. The van der Waals surface area contributed by atoms with Crippen LogP contribution in [0.5, 0.6) is 5.75 Å². The molecule has 0 bridgehead atoms. The summed E-state index contributed by atoms with van der Waals surface area (Å²) in [6.45, 7) is 10.4. The maximum atomic E-state index is 9.85. The number of nitrogens with zero attached hydrogens (tertiary/aromatic N) is 3. The van der Waals surface area contributed by atoms with E-state index in [-0.39, 0.29) is 23.7 Å². The van der Waals surface area contributed by atoms with Crippen LogP contribution in [0, 0.1) is 0 Å². The van der Waals surface area contributed by atoms with Crippen LogP contribution < -0.4 is 4.74 Å². The lowest BCUT2D eigenvalue weighted by atomic mass is 9.80. The molecule has 0 saturated carbocycles. The first-order valence-corrected chi connectivity index (χ1v) is 11.9. The van der Waals surface area contributed by atoms with Gasteiger partial charge < -0.3 is 14.4 Å². The van der Waals surface area contributed by atoms with Gasteiger partial charge in [0.05, 0.1) is 12.7 Å². The minimum atomic E-state index is -0.192. The predicted molar refractivity (Wildman–Crippen MR) is 128 cm³/mol. The Morgan fingerprint density at radius 3 is 2.67 bits per heavy atom. The Morgan fingerprint density at radius 1 is 1.15 bits per heavy atom. The summed E-state index contributed by atoms with van der Waals surface area (Å²) < 4.78 is 11.4. The fourth-order valence-corrected chi connectivity index (χ4v) is 5.37. The Kier molecular flexibility index (Phi) is 5.53. The van der Waals surface area contributed by atoms with E-state index in [1.807, 2.05) is 38.1 Å². The first-order valence-electron chi connectivity index (χ1n) is 11.9. The number of hydrogen-bond acceptors (Lipinski definition) is 6. The number of aliphatic hydroxyl groups excluding tert-OH is 1. The molecule has 0 radical (unpaired) electrons. The van der Waals surface area contributed by atoms with Crippen molar-refractivity contribution in [2.45, 2.75) is 64.0 Å². The van der Waals surface area contributed by atoms with Gasteiger partial charge in [0.25, 0.3) is 5.89 Å². The second-order valence-corrected chi connectivity index (χ2v) is 10.4. The molecule has 1 N–H and O–H groups in total. The highest BCUT2D eigenvalue weighted by atomic mass is 16.5. The van der Waals surface area contributed by atoms with Gasteiger partial charge in [-0.2, -0.15) is 4.98 Å². The molecule has 2 aromatic carbocycles. The Bertz CT molecular complexity index is 1140. The lowest BCUT2D eigenvalue weighted by molar-refractivity contribution is 0.0723. The molecule has 1 atom stereocenters. The van der Waals surface area contributed by atoms with Gasteiger partial charge in [0, 0.05) is 28.6 Å². The van der Waals surface area contributed by atoms with E-state index >= 15 is 0 Å². The van der Waals surface area contributed by atoms with Gasteiger partial charge >= 0.3 is 0 Å². The molecule has 2 aliphatic rings. The first-order chi connectivity index (χ1) is 15.8. The van der Waals surface area contributed by atoms with Gasteiger partial charge in [-0.3, -0.25) is 4.90 Å². The average Bonchev–Trinajstić information content (AvgIpc) is 3.54. The van der Waals surface area contributed by atoms with Crippen molar-refractivity contribution in [2.75, 3.05) is 19.7 Å². The zero-order chi connectivity index (χ0) is 23.2. The number of fused-ring (bicyclic) bond motifs is 2. The van der Waals surface area contributed by atoms with Crippen molar-refractivity contribution in [2.24, 2.45) is 0 Å². The van der Waals surface area contributed by atoms with E-state index in [9.17, 15) is 5.11 Å².